The number of piperidine rings is 1. The first-order valence-electron chi connectivity index (χ1n) is 8.75. The van der Waals surface area contributed by atoms with Crippen LogP contribution in [0.3, 0.4) is 0 Å². The first-order chi connectivity index (χ1) is 11.7. The smallest absolute Gasteiger partial charge is 0.143 e. The number of likely N-dealkylation sites (tertiary alicyclic amines) is 1. The van der Waals surface area contributed by atoms with Crippen LogP contribution in [-0.2, 0) is 6.54 Å². The van der Waals surface area contributed by atoms with Gasteiger partial charge in [0.2, 0.25) is 0 Å². The predicted molar refractivity (Wildman–Crippen MR) is 95.5 cm³/mol. The zero-order chi connectivity index (χ0) is 16.4. The second kappa shape index (κ2) is 6.36. The van der Waals surface area contributed by atoms with Crippen LogP contribution in [-0.4, -0.2) is 35.2 Å². The first kappa shape index (κ1) is 15.3. The fraction of sp³-hybridized carbons (Fsp3) is 0.400. The van der Waals surface area contributed by atoms with E-state index in [4.69, 9.17) is 4.74 Å². The molecule has 0 saturated carbocycles. The molecule has 0 atom stereocenters. The molecule has 2 aromatic carbocycles. The summed E-state index contributed by atoms with van der Waals surface area (Å²) in [5.74, 6) is 1.14. The molecule has 4 nitrogen and oxygen atoms in total. The molecule has 0 bridgehead atoms. The Morgan fingerprint density at radius 1 is 1.04 bits per heavy atom. The largest absolute Gasteiger partial charge is 0.508 e. The van der Waals surface area contributed by atoms with Crippen molar-refractivity contribution in [2.24, 2.45) is 0 Å². The zero-order valence-corrected chi connectivity index (χ0v) is 13.9. The van der Waals surface area contributed by atoms with E-state index in [0.29, 0.717) is 0 Å². The monoisotopic (exact) mass is 324 g/mol. The Bertz CT molecular complexity index is 694. The lowest BCUT2D eigenvalue weighted by Gasteiger charge is -2.41. The Morgan fingerprint density at radius 2 is 1.83 bits per heavy atom. The van der Waals surface area contributed by atoms with E-state index in [0.717, 1.165) is 56.9 Å². The Hall–Kier alpha value is -2.20. The highest BCUT2D eigenvalue weighted by Gasteiger charge is 2.38. The van der Waals surface area contributed by atoms with E-state index < -0.39 is 0 Å². The summed E-state index contributed by atoms with van der Waals surface area (Å²) < 4.78 is 6.44. The van der Waals surface area contributed by atoms with Crippen molar-refractivity contribution >= 4 is 5.69 Å². The second-order valence-corrected chi connectivity index (χ2v) is 6.90. The van der Waals surface area contributed by atoms with Crippen molar-refractivity contribution in [2.45, 2.75) is 31.4 Å². The molecule has 0 aromatic heterocycles. The summed E-state index contributed by atoms with van der Waals surface area (Å²) in [6, 6.07) is 16.0. The highest BCUT2D eigenvalue weighted by Crippen LogP contribution is 2.39. The molecule has 2 heterocycles. The van der Waals surface area contributed by atoms with Crippen LogP contribution in [0.25, 0.3) is 0 Å². The third kappa shape index (κ3) is 3.20. The molecule has 0 aliphatic carbocycles. The highest BCUT2D eigenvalue weighted by molar-refractivity contribution is 5.60. The minimum absolute atomic E-state index is 0.0809. The van der Waals surface area contributed by atoms with E-state index >= 15 is 0 Å². The van der Waals surface area contributed by atoms with Gasteiger partial charge in [0.1, 0.15) is 17.1 Å². The van der Waals surface area contributed by atoms with Gasteiger partial charge in [-0.3, -0.25) is 4.90 Å². The van der Waals surface area contributed by atoms with Crippen molar-refractivity contribution < 1.29 is 9.84 Å². The van der Waals surface area contributed by atoms with E-state index in [-0.39, 0.29) is 11.4 Å². The fourth-order valence-corrected chi connectivity index (χ4v) is 3.77. The van der Waals surface area contributed by atoms with E-state index in [9.17, 15) is 5.11 Å². The maximum absolute atomic E-state index is 9.65. The lowest BCUT2D eigenvalue weighted by Crippen LogP contribution is -2.48. The Balaban J connectivity index is 1.43. The van der Waals surface area contributed by atoms with Crippen molar-refractivity contribution in [1.82, 2.24) is 4.90 Å². The third-order valence-corrected chi connectivity index (χ3v) is 5.20. The number of aromatic hydroxyl groups is 1. The molecular weight excluding hydrogens is 300 g/mol. The van der Waals surface area contributed by atoms with Crippen LogP contribution in [0.4, 0.5) is 5.69 Å². The van der Waals surface area contributed by atoms with Gasteiger partial charge in [0, 0.05) is 38.7 Å². The number of fused-ring (bicyclic) bond motifs is 1. The van der Waals surface area contributed by atoms with Gasteiger partial charge in [-0.2, -0.15) is 0 Å². The van der Waals surface area contributed by atoms with Gasteiger partial charge in [-0.1, -0.05) is 30.3 Å². The van der Waals surface area contributed by atoms with E-state index in [1.165, 1.54) is 5.56 Å². The Morgan fingerprint density at radius 3 is 2.62 bits per heavy atom. The van der Waals surface area contributed by atoms with Gasteiger partial charge in [0.25, 0.3) is 0 Å². The molecule has 24 heavy (non-hydrogen) atoms. The molecule has 2 aliphatic rings. The molecule has 4 rings (SSSR count). The normalized spacial score (nSPS) is 19.8. The van der Waals surface area contributed by atoms with Crippen molar-refractivity contribution in [3.05, 3.63) is 54.1 Å². The van der Waals surface area contributed by atoms with Crippen LogP contribution >= 0.6 is 0 Å². The third-order valence-electron chi connectivity index (χ3n) is 5.20. The standard InChI is InChI=1S/C20H24N2O2/c23-17-6-7-19-18(14-17)21-11-8-20(24-19)9-12-22(13-10-20)15-16-4-2-1-3-5-16/h1-7,14,21,23H,8-13,15H2. The highest BCUT2D eigenvalue weighted by atomic mass is 16.5. The molecule has 0 unspecified atom stereocenters. The molecular formula is C20H24N2O2. The van der Waals surface area contributed by atoms with Gasteiger partial charge in [0.05, 0.1) is 5.69 Å². The summed E-state index contributed by atoms with van der Waals surface area (Å²) in [6.45, 7) is 4.01. The number of phenolic OH excluding ortho intramolecular Hbond substituents is 1. The van der Waals surface area contributed by atoms with Gasteiger partial charge in [-0.25, -0.2) is 0 Å². The molecule has 0 amide bonds. The van der Waals surface area contributed by atoms with Crippen molar-refractivity contribution in [3.63, 3.8) is 0 Å². The Kier molecular flexibility index (Phi) is 4.07. The van der Waals surface area contributed by atoms with E-state index in [2.05, 4.69) is 40.5 Å². The van der Waals surface area contributed by atoms with Gasteiger partial charge in [-0.15, -0.1) is 0 Å². The summed E-state index contributed by atoms with van der Waals surface area (Å²) in [4.78, 5) is 2.51. The van der Waals surface area contributed by atoms with Gasteiger partial charge >= 0.3 is 0 Å². The minimum Gasteiger partial charge on any atom is -0.508 e. The van der Waals surface area contributed by atoms with Crippen LogP contribution in [0.5, 0.6) is 11.5 Å². The zero-order valence-electron chi connectivity index (χ0n) is 13.9. The molecule has 2 aliphatic heterocycles. The van der Waals surface area contributed by atoms with Crippen LogP contribution in [0.2, 0.25) is 0 Å². The van der Waals surface area contributed by atoms with Gasteiger partial charge in [0.15, 0.2) is 0 Å². The summed E-state index contributed by atoms with van der Waals surface area (Å²) in [6.07, 6.45) is 3.09. The van der Waals surface area contributed by atoms with Crippen molar-refractivity contribution in [3.8, 4) is 11.5 Å². The van der Waals surface area contributed by atoms with Gasteiger partial charge in [-0.05, 0) is 30.5 Å². The van der Waals surface area contributed by atoms with Crippen LogP contribution in [0, 0.1) is 0 Å². The molecule has 2 N–H and O–H groups in total. The average molecular weight is 324 g/mol. The van der Waals surface area contributed by atoms with E-state index in [1.54, 1.807) is 12.1 Å². The van der Waals surface area contributed by atoms with Crippen molar-refractivity contribution in [1.29, 1.82) is 0 Å². The van der Waals surface area contributed by atoms with Crippen molar-refractivity contribution in [2.75, 3.05) is 25.0 Å². The second-order valence-electron chi connectivity index (χ2n) is 6.90. The number of hydrogen-bond donors (Lipinski definition) is 2. The van der Waals surface area contributed by atoms with Crippen LogP contribution in [0.15, 0.2) is 48.5 Å². The minimum atomic E-state index is -0.0809. The quantitative estimate of drug-likeness (QED) is 0.885. The average Bonchev–Trinajstić information content (AvgIpc) is 2.77. The van der Waals surface area contributed by atoms with Gasteiger partial charge < -0.3 is 15.2 Å². The molecule has 1 saturated heterocycles. The summed E-state index contributed by atoms with van der Waals surface area (Å²) >= 11 is 0. The number of hydrogen-bond acceptors (Lipinski definition) is 4. The molecule has 0 radical (unpaired) electrons. The molecule has 1 fully saturated rings. The fourth-order valence-electron chi connectivity index (χ4n) is 3.77. The maximum Gasteiger partial charge on any atom is 0.143 e. The van der Waals surface area contributed by atoms with E-state index in [1.807, 2.05) is 6.07 Å². The number of nitrogens with zero attached hydrogens (tertiary/aromatic N) is 1. The van der Waals surface area contributed by atoms with Crippen LogP contribution in [0.1, 0.15) is 24.8 Å². The predicted octanol–water partition coefficient (Wildman–Crippen LogP) is 3.62. The molecule has 1 spiro atoms. The lowest BCUT2D eigenvalue weighted by atomic mass is 9.87. The SMILES string of the molecule is Oc1ccc2c(c1)NCCC1(CCN(Cc3ccccc3)CC1)O2. The lowest BCUT2D eigenvalue weighted by molar-refractivity contribution is -0.00187. The number of nitrogens with one attached hydrogen (secondary N) is 1. The van der Waals surface area contributed by atoms with Crippen LogP contribution < -0.4 is 10.1 Å². The maximum atomic E-state index is 9.65. The first-order valence-corrected chi connectivity index (χ1v) is 8.75. The number of rotatable bonds is 2. The number of phenols is 1. The molecule has 4 heteroatoms. The topological polar surface area (TPSA) is 44.7 Å². The number of benzene rings is 2. The Labute approximate surface area is 143 Å². The molecule has 2 aromatic rings. The molecule has 126 valence electrons. The summed E-state index contributed by atoms with van der Waals surface area (Å²) in [7, 11) is 0. The summed E-state index contributed by atoms with van der Waals surface area (Å²) in [5, 5.41) is 13.0. The number of anilines is 1. The number of ether oxygens (including phenoxy) is 1. The summed E-state index contributed by atoms with van der Waals surface area (Å²) in [5.41, 5.74) is 2.19.